The molecule has 1 saturated heterocycles. The number of alkyl halides is 1. The van der Waals surface area contributed by atoms with Crippen LogP contribution in [0.2, 0.25) is 18.1 Å². The van der Waals surface area contributed by atoms with Gasteiger partial charge in [0.05, 0.1) is 12.7 Å². The average Bonchev–Trinajstić information content (AvgIpc) is 2.66. The third kappa shape index (κ3) is 4.67. The highest BCUT2D eigenvalue weighted by Gasteiger charge is 2.43. The minimum atomic E-state index is -1.78. The smallest absolute Gasteiger partial charge is 0.302 e. The molecule has 0 saturated carbocycles. The molecule has 118 valence electrons. The molecule has 0 bridgehead atoms. The van der Waals surface area contributed by atoms with Crippen molar-refractivity contribution in [2.24, 2.45) is 5.92 Å². The summed E-state index contributed by atoms with van der Waals surface area (Å²) in [5.41, 5.74) is 0. The molecule has 0 radical (unpaired) electrons. The van der Waals surface area contributed by atoms with Crippen LogP contribution < -0.4 is 0 Å². The van der Waals surface area contributed by atoms with Crippen molar-refractivity contribution in [3.8, 4) is 0 Å². The molecule has 6 heteroatoms. The quantitative estimate of drug-likeness (QED) is 0.300. The molecule has 1 rings (SSSR count). The lowest BCUT2D eigenvalue weighted by molar-refractivity contribution is -0.148. The Kier molecular flexibility index (Phi) is 6.49. The lowest BCUT2D eigenvalue weighted by Gasteiger charge is -2.37. The molecule has 0 spiro atoms. The summed E-state index contributed by atoms with van der Waals surface area (Å²) in [5, 5.41) is 0.184. The van der Waals surface area contributed by atoms with E-state index in [1.54, 1.807) is 0 Å². The van der Waals surface area contributed by atoms with Gasteiger partial charge in [-0.25, -0.2) is 0 Å². The van der Waals surface area contributed by atoms with Crippen molar-refractivity contribution in [3.05, 3.63) is 0 Å². The van der Waals surface area contributed by atoms with Crippen molar-refractivity contribution in [3.63, 3.8) is 0 Å². The van der Waals surface area contributed by atoms with Crippen LogP contribution in [0.25, 0.3) is 0 Å². The average molecular weight is 414 g/mol. The normalized spacial score (nSPS) is 27.6. The van der Waals surface area contributed by atoms with E-state index in [2.05, 4.69) is 56.5 Å². The van der Waals surface area contributed by atoms with Crippen molar-refractivity contribution >= 4 is 36.9 Å². The van der Waals surface area contributed by atoms with Crippen LogP contribution in [-0.4, -0.2) is 44.1 Å². The summed E-state index contributed by atoms with van der Waals surface area (Å²) in [6, 6.07) is 0. The Bertz CT molecular complexity index is 341. The molecule has 0 aromatic heterocycles. The van der Waals surface area contributed by atoms with Crippen molar-refractivity contribution < 1.29 is 18.7 Å². The Hall–Kier alpha value is 0.337. The molecule has 20 heavy (non-hydrogen) atoms. The van der Waals surface area contributed by atoms with E-state index in [0.29, 0.717) is 13.2 Å². The van der Waals surface area contributed by atoms with E-state index in [-0.39, 0.29) is 29.1 Å². The third-order valence-corrected chi connectivity index (χ3v) is 9.71. The first kappa shape index (κ1) is 18.4. The Morgan fingerprint density at radius 3 is 2.45 bits per heavy atom. The maximum absolute atomic E-state index is 11.2. The molecule has 0 unspecified atom stereocenters. The predicted molar refractivity (Wildman–Crippen MR) is 90.8 cm³/mol. The lowest BCUT2D eigenvalue weighted by atomic mass is 10.0. The van der Waals surface area contributed by atoms with Gasteiger partial charge in [0, 0.05) is 23.9 Å². The van der Waals surface area contributed by atoms with E-state index < -0.39 is 8.32 Å². The number of ether oxygens (including phenoxy) is 2. The zero-order chi connectivity index (χ0) is 15.6. The molecular weight excluding hydrogens is 387 g/mol. The highest BCUT2D eigenvalue weighted by atomic mass is 127. The number of rotatable bonds is 5. The third-order valence-electron chi connectivity index (χ3n) is 4.34. The van der Waals surface area contributed by atoms with Crippen molar-refractivity contribution in [1.82, 2.24) is 0 Å². The Morgan fingerprint density at radius 2 is 2.00 bits per heavy atom. The number of hydrogen-bond donors (Lipinski definition) is 0. The summed E-state index contributed by atoms with van der Waals surface area (Å²) in [4.78, 5) is 11.2. The van der Waals surface area contributed by atoms with Crippen molar-refractivity contribution in [2.75, 3.05) is 17.6 Å². The van der Waals surface area contributed by atoms with Crippen LogP contribution in [0.15, 0.2) is 0 Å². The van der Waals surface area contributed by atoms with Gasteiger partial charge in [0.15, 0.2) is 8.32 Å². The monoisotopic (exact) mass is 414 g/mol. The Balaban J connectivity index is 2.68. The van der Waals surface area contributed by atoms with Crippen LogP contribution in [0, 0.1) is 5.92 Å². The van der Waals surface area contributed by atoms with E-state index in [9.17, 15) is 4.79 Å². The predicted octanol–water partition coefficient (Wildman–Crippen LogP) is 3.39. The summed E-state index contributed by atoms with van der Waals surface area (Å²) in [6.07, 6.45) is -0.0539. The zero-order valence-electron chi connectivity index (χ0n) is 13.4. The molecule has 0 amide bonds. The van der Waals surface area contributed by atoms with Gasteiger partial charge in [-0.2, -0.15) is 0 Å². The van der Waals surface area contributed by atoms with Crippen LogP contribution in [0.5, 0.6) is 0 Å². The molecule has 0 aromatic rings. The van der Waals surface area contributed by atoms with Crippen molar-refractivity contribution in [1.29, 1.82) is 0 Å². The molecule has 1 heterocycles. The van der Waals surface area contributed by atoms with Crippen LogP contribution in [-0.2, 0) is 18.7 Å². The van der Waals surface area contributed by atoms with Gasteiger partial charge in [-0.05, 0) is 18.1 Å². The van der Waals surface area contributed by atoms with E-state index in [4.69, 9.17) is 13.9 Å². The van der Waals surface area contributed by atoms with Crippen LogP contribution in [0.3, 0.4) is 0 Å². The summed E-state index contributed by atoms with van der Waals surface area (Å²) >= 11 is 2.32. The number of esters is 1. The van der Waals surface area contributed by atoms with Gasteiger partial charge >= 0.3 is 5.97 Å². The fourth-order valence-electron chi connectivity index (χ4n) is 1.93. The fraction of sp³-hybridized carbons (Fsp3) is 0.929. The number of hydrogen-bond acceptors (Lipinski definition) is 4. The molecule has 0 N–H and O–H groups in total. The maximum atomic E-state index is 11.2. The molecule has 0 aliphatic carbocycles. The summed E-state index contributed by atoms with van der Waals surface area (Å²) in [7, 11) is -1.78. The van der Waals surface area contributed by atoms with Gasteiger partial charge in [-0.15, -0.1) is 0 Å². The lowest BCUT2D eigenvalue weighted by Crippen LogP contribution is -2.44. The second-order valence-electron chi connectivity index (χ2n) is 6.91. The first-order valence-electron chi connectivity index (χ1n) is 7.07. The SMILES string of the molecule is CC(=O)O[C@H]1CO[C@H](CI)[C@H]1CO[Si](C)(C)C(C)(C)C. The van der Waals surface area contributed by atoms with E-state index in [0.717, 1.165) is 4.43 Å². The second kappa shape index (κ2) is 7.06. The molecule has 3 atom stereocenters. The molecule has 0 aromatic carbocycles. The van der Waals surface area contributed by atoms with Gasteiger partial charge in [-0.3, -0.25) is 4.79 Å². The second-order valence-corrected chi connectivity index (χ2v) is 12.6. The summed E-state index contributed by atoms with van der Waals surface area (Å²) in [5.74, 6) is -0.102. The molecule has 1 fully saturated rings. The summed E-state index contributed by atoms with van der Waals surface area (Å²) in [6.45, 7) is 13.7. The standard InChI is InChI=1S/C14H27IO4Si/c1-10(16)19-13-9-17-12(7-15)11(13)8-18-20(5,6)14(2,3)4/h11-13H,7-9H2,1-6H3/t11-,12-,13+/m1/s1. The number of carbonyl (C=O) groups excluding carboxylic acids is 1. The van der Waals surface area contributed by atoms with Gasteiger partial charge < -0.3 is 13.9 Å². The fourth-order valence-corrected chi connectivity index (χ4v) is 3.88. The van der Waals surface area contributed by atoms with E-state index >= 15 is 0 Å². The van der Waals surface area contributed by atoms with E-state index in [1.807, 2.05) is 0 Å². The Morgan fingerprint density at radius 1 is 1.40 bits per heavy atom. The molecule has 1 aliphatic rings. The highest BCUT2D eigenvalue weighted by molar-refractivity contribution is 14.1. The van der Waals surface area contributed by atoms with Gasteiger partial charge in [-0.1, -0.05) is 43.4 Å². The highest BCUT2D eigenvalue weighted by Crippen LogP contribution is 2.38. The minimum absolute atomic E-state index is 0.115. The van der Waals surface area contributed by atoms with E-state index in [1.165, 1.54) is 6.92 Å². The zero-order valence-corrected chi connectivity index (χ0v) is 16.5. The molecule has 4 nitrogen and oxygen atoms in total. The number of halogens is 1. The maximum Gasteiger partial charge on any atom is 0.302 e. The van der Waals surface area contributed by atoms with Crippen LogP contribution in [0.1, 0.15) is 27.7 Å². The van der Waals surface area contributed by atoms with Crippen LogP contribution in [0.4, 0.5) is 0 Å². The molecular formula is C14H27IO4Si. The van der Waals surface area contributed by atoms with Gasteiger partial charge in [0.1, 0.15) is 6.10 Å². The summed E-state index contributed by atoms with van der Waals surface area (Å²) < 4.78 is 18.3. The number of carbonyl (C=O) groups is 1. The first-order chi connectivity index (χ1) is 9.08. The van der Waals surface area contributed by atoms with Crippen molar-refractivity contribution in [2.45, 2.75) is 58.0 Å². The van der Waals surface area contributed by atoms with Gasteiger partial charge in [0.2, 0.25) is 0 Å². The first-order valence-corrected chi connectivity index (χ1v) is 11.5. The topological polar surface area (TPSA) is 44.8 Å². The minimum Gasteiger partial charge on any atom is -0.460 e. The largest absolute Gasteiger partial charge is 0.460 e. The Labute approximate surface area is 137 Å². The van der Waals surface area contributed by atoms with Crippen LogP contribution >= 0.6 is 22.6 Å². The van der Waals surface area contributed by atoms with Gasteiger partial charge in [0.25, 0.3) is 0 Å². The molecule has 1 aliphatic heterocycles.